The summed E-state index contributed by atoms with van der Waals surface area (Å²) in [6.07, 6.45) is 9.82. The van der Waals surface area contributed by atoms with Gasteiger partial charge in [0, 0.05) is 0 Å². The molecule has 0 spiro atoms. The molecule has 0 aliphatic carbocycles. The van der Waals surface area contributed by atoms with E-state index in [2.05, 4.69) is 40.2 Å². The normalized spacial score (nSPS) is 12.6. The highest BCUT2D eigenvalue weighted by atomic mass is 14.0. The van der Waals surface area contributed by atoms with Crippen LogP contribution in [0.2, 0.25) is 0 Å². The Morgan fingerprint density at radius 3 is 2.50 bits per heavy atom. The summed E-state index contributed by atoms with van der Waals surface area (Å²) in [6, 6.07) is 0. The van der Waals surface area contributed by atoms with Crippen LogP contribution in [0.5, 0.6) is 0 Å². The second kappa shape index (κ2) is 7.39. The average Bonchev–Trinajstić information content (AvgIpc) is 2.03. The first-order valence-electron chi connectivity index (χ1n) is 5.16. The van der Waals surface area contributed by atoms with Crippen LogP contribution in [0, 0.1) is 12.3 Å². The van der Waals surface area contributed by atoms with Gasteiger partial charge in [0.1, 0.15) is 0 Å². The van der Waals surface area contributed by atoms with Crippen molar-refractivity contribution in [3.05, 3.63) is 18.1 Å². The predicted octanol–water partition coefficient (Wildman–Crippen LogP) is 4.37. The van der Waals surface area contributed by atoms with E-state index in [-0.39, 0.29) is 0 Å². The van der Waals surface area contributed by atoms with Gasteiger partial charge in [-0.3, -0.25) is 0 Å². The third kappa shape index (κ3) is 6.45. The highest BCUT2D eigenvalue weighted by molar-refractivity contribution is 5.02. The lowest BCUT2D eigenvalue weighted by Crippen LogP contribution is -1.88. The minimum Gasteiger partial charge on any atom is -0.0851 e. The molecule has 1 radical (unpaired) electrons. The molecule has 0 amide bonds. The van der Waals surface area contributed by atoms with Gasteiger partial charge in [-0.1, -0.05) is 45.3 Å². The lowest BCUT2D eigenvalue weighted by atomic mass is 10.0. The van der Waals surface area contributed by atoms with E-state index in [0.717, 1.165) is 6.42 Å². The molecule has 0 aromatic carbocycles. The Morgan fingerprint density at radius 2 is 2.00 bits per heavy atom. The van der Waals surface area contributed by atoms with Gasteiger partial charge in [0.05, 0.1) is 0 Å². The van der Waals surface area contributed by atoms with Crippen LogP contribution in [0.3, 0.4) is 0 Å². The molecular formula is C12H23. The fourth-order valence-electron chi connectivity index (χ4n) is 0.971. The second-order valence-corrected chi connectivity index (χ2v) is 3.77. The summed E-state index contributed by atoms with van der Waals surface area (Å²) in [5, 5.41) is 0. The van der Waals surface area contributed by atoms with Gasteiger partial charge < -0.3 is 0 Å². The van der Waals surface area contributed by atoms with Crippen LogP contribution in [-0.4, -0.2) is 0 Å². The molecule has 0 aliphatic rings. The zero-order valence-corrected chi connectivity index (χ0v) is 9.06. The zero-order chi connectivity index (χ0) is 9.40. The molecule has 0 rings (SSSR count). The molecule has 0 heterocycles. The van der Waals surface area contributed by atoms with Gasteiger partial charge in [-0.2, -0.15) is 0 Å². The van der Waals surface area contributed by atoms with Crippen molar-refractivity contribution < 1.29 is 0 Å². The minimum absolute atomic E-state index is 0.713. The van der Waals surface area contributed by atoms with Crippen LogP contribution < -0.4 is 0 Å². The van der Waals surface area contributed by atoms with Gasteiger partial charge in [-0.15, -0.1) is 0 Å². The van der Waals surface area contributed by atoms with E-state index in [1.54, 1.807) is 0 Å². The second-order valence-electron chi connectivity index (χ2n) is 3.77. The third-order valence-electron chi connectivity index (χ3n) is 2.28. The zero-order valence-electron chi connectivity index (χ0n) is 9.06. The summed E-state index contributed by atoms with van der Waals surface area (Å²) in [7, 11) is 0. The number of hydrogen-bond acceptors (Lipinski definition) is 0. The molecule has 12 heavy (non-hydrogen) atoms. The van der Waals surface area contributed by atoms with Crippen molar-refractivity contribution in [1.29, 1.82) is 0 Å². The Morgan fingerprint density at radius 1 is 1.33 bits per heavy atom. The van der Waals surface area contributed by atoms with Crippen molar-refractivity contribution in [3.63, 3.8) is 0 Å². The molecule has 0 aliphatic heterocycles. The first-order valence-corrected chi connectivity index (χ1v) is 5.16. The van der Waals surface area contributed by atoms with Gasteiger partial charge in [-0.05, 0) is 32.1 Å². The topological polar surface area (TPSA) is 0 Å². The summed E-state index contributed by atoms with van der Waals surface area (Å²) < 4.78 is 0. The fourth-order valence-corrected chi connectivity index (χ4v) is 0.971. The van der Waals surface area contributed by atoms with Crippen molar-refractivity contribution in [3.8, 4) is 0 Å². The van der Waals surface area contributed by atoms with E-state index in [1.807, 2.05) is 0 Å². The van der Waals surface area contributed by atoms with Crippen LogP contribution in [-0.2, 0) is 0 Å². The largest absolute Gasteiger partial charge is 0.0851 e. The summed E-state index contributed by atoms with van der Waals surface area (Å²) in [6.45, 7) is 8.96. The van der Waals surface area contributed by atoms with Gasteiger partial charge in [0.2, 0.25) is 0 Å². The van der Waals surface area contributed by atoms with Crippen LogP contribution in [0.25, 0.3) is 0 Å². The number of unbranched alkanes of at least 4 members (excludes halogenated alkanes) is 4. The molecule has 0 fully saturated rings. The Labute approximate surface area is 78.1 Å². The lowest BCUT2D eigenvalue weighted by Gasteiger charge is -2.04. The molecule has 0 saturated carbocycles. The van der Waals surface area contributed by atoms with E-state index in [1.165, 1.54) is 24.8 Å². The average molecular weight is 167 g/mol. The van der Waals surface area contributed by atoms with Crippen LogP contribution in [0.4, 0.5) is 0 Å². The summed E-state index contributed by atoms with van der Waals surface area (Å²) in [5.41, 5.74) is 1.52. The van der Waals surface area contributed by atoms with E-state index >= 15 is 0 Å². The molecule has 0 aromatic rings. The summed E-state index contributed by atoms with van der Waals surface area (Å²) in [4.78, 5) is 0. The molecule has 71 valence electrons. The van der Waals surface area contributed by atoms with Crippen molar-refractivity contribution in [1.82, 2.24) is 0 Å². The maximum Gasteiger partial charge on any atom is -0.0263 e. The van der Waals surface area contributed by atoms with Crippen molar-refractivity contribution in [2.75, 3.05) is 0 Å². The van der Waals surface area contributed by atoms with E-state index in [4.69, 9.17) is 0 Å². The smallest absolute Gasteiger partial charge is 0.0263 e. The quantitative estimate of drug-likeness (QED) is 0.407. The number of hydrogen-bond donors (Lipinski definition) is 0. The first-order chi connectivity index (χ1) is 5.68. The molecule has 0 aromatic heterocycles. The molecule has 0 bridgehead atoms. The van der Waals surface area contributed by atoms with Gasteiger partial charge in [0.15, 0.2) is 0 Å². The van der Waals surface area contributed by atoms with Crippen molar-refractivity contribution >= 4 is 0 Å². The number of rotatable bonds is 6. The van der Waals surface area contributed by atoms with Crippen LogP contribution in [0.15, 0.2) is 11.6 Å². The van der Waals surface area contributed by atoms with Gasteiger partial charge in [0.25, 0.3) is 0 Å². The monoisotopic (exact) mass is 167 g/mol. The van der Waals surface area contributed by atoms with Crippen molar-refractivity contribution in [2.24, 2.45) is 5.92 Å². The standard InChI is InChI=1S/C12H23/c1-5-6-7-8-9-10-12(4)11(2)3/h8,10-11H,5-7,9H2,1-4H3. The predicted molar refractivity (Wildman–Crippen MR) is 57.0 cm³/mol. The lowest BCUT2D eigenvalue weighted by molar-refractivity contribution is 0.749. The molecule has 0 saturated heterocycles. The van der Waals surface area contributed by atoms with Crippen LogP contribution in [0.1, 0.15) is 53.4 Å². The minimum atomic E-state index is 0.713. The molecular weight excluding hydrogens is 144 g/mol. The van der Waals surface area contributed by atoms with E-state index in [9.17, 15) is 0 Å². The summed E-state index contributed by atoms with van der Waals surface area (Å²) in [5.74, 6) is 0.713. The number of allylic oxidation sites excluding steroid dienone is 2. The highest BCUT2D eigenvalue weighted by Gasteiger charge is 1.94. The Bertz CT molecular complexity index is 120. The molecule has 0 N–H and O–H groups in total. The van der Waals surface area contributed by atoms with Gasteiger partial charge >= 0.3 is 0 Å². The maximum atomic E-state index is 2.38. The molecule has 0 atom stereocenters. The van der Waals surface area contributed by atoms with E-state index < -0.39 is 0 Å². The maximum absolute atomic E-state index is 2.38. The first kappa shape index (κ1) is 11.7. The third-order valence-corrected chi connectivity index (χ3v) is 2.28. The van der Waals surface area contributed by atoms with Crippen molar-refractivity contribution in [2.45, 2.75) is 53.4 Å². The fraction of sp³-hybridized carbons (Fsp3) is 0.750. The molecule has 0 heteroatoms. The Hall–Kier alpha value is -0.260. The Balaban J connectivity index is 3.34. The molecule has 0 unspecified atom stereocenters. The van der Waals surface area contributed by atoms with Gasteiger partial charge in [-0.25, -0.2) is 0 Å². The van der Waals surface area contributed by atoms with Crippen LogP contribution >= 0.6 is 0 Å². The highest BCUT2D eigenvalue weighted by Crippen LogP contribution is 2.10. The molecule has 0 nitrogen and oxygen atoms in total. The SMILES string of the molecule is CCCC[CH]CC=C(C)C(C)C. The summed E-state index contributed by atoms with van der Waals surface area (Å²) >= 11 is 0. The van der Waals surface area contributed by atoms with E-state index in [0.29, 0.717) is 5.92 Å². The Kier molecular flexibility index (Phi) is 7.23.